The molecule has 27 nitrogen and oxygen atoms in total. The van der Waals surface area contributed by atoms with Crippen LogP contribution in [-0.4, -0.2) is 109 Å². The fraction of sp³-hybridized carbons (Fsp3) is 0.556. The van der Waals surface area contributed by atoms with E-state index < -0.39 is 116 Å². The van der Waals surface area contributed by atoms with E-state index in [4.69, 9.17) is 9.47 Å². The molecule has 0 amide bonds. The molecule has 2 aliphatic rings. The first-order chi connectivity index (χ1) is 22.5. The van der Waals surface area contributed by atoms with Crippen LogP contribution in [0, 0.1) is 0 Å². The van der Waals surface area contributed by atoms with Gasteiger partial charge in [0.15, 0.2) is 12.5 Å². The van der Waals surface area contributed by atoms with Gasteiger partial charge in [-0.1, -0.05) is 0 Å². The van der Waals surface area contributed by atoms with Crippen molar-refractivity contribution >= 4 is 31.3 Å². The number of hydrogen-bond acceptors (Lipinski definition) is 19. The van der Waals surface area contributed by atoms with Crippen molar-refractivity contribution in [3.05, 3.63) is 66.2 Å². The lowest BCUT2D eigenvalue weighted by molar-refractivity contribution is -0.0544. The molecule has 2 aromatic rings. The van der Waals surface area contributed by atoms with E-state index in [0.29, 0.717) is 9.13 Å². The molecule has 31 heteroatoms. The van der Waals surface area contributed by atoms with Crippen LogP contribution in [0.2, 0.25) is 0 Å². The molecule has 0 bridgehead atoms. The van der Waals surface area contributed by atoms with E-state index in [9.17, 15) is 77.4 Å². The molecule has 6 unspecified atom stereocenters. The summed E-state index contributed by atoms with van der Waals surface area (Å²) >= 11 is 0. The number of aliphatic hydroxyl groups is 4. The van der Waals surface area contributed by atoms with Gasteiger partial charge in [-0.05, 0) is 0 Å². The molecule has 276 valence electrons. The molecular weight excluding hydrogens is 764 g/mol. The molecule has 2 aliphatic heterocycles. The molecule has 0 aromatic carbocycles. The van der Waals surface area contributed by atoms with E-state index in [1.54, 1.807) is 0 Å². The van der Waals surface area contributed by atoms with Gasteiger partial charge in [0, 0.05) is 24.5 Å². The van der Waals surface area contributed by atoms with E-state index in [1.807, 2.05) is 9.97 Å². The smallest absolute Gasteiger partial charge is 0.387 e. The summed E-state index contributed by atoms with van der Waals surface area (Å²) in [4.78, 5) is 89.1. The lowest BCUT2D eigenvalue weighted by Gasteiger charge is -2.21. The van der Waals surface area contributed by atoms with Crippen LogP contribution in [0.4, 0.5) is 0 Å². The minimum absolute atomic E-state index is 0.642. The van der Waals surface area contributed by atoms with Gasteiger partial charge >= 0.3 is 42.7 Å². The second-order valence-corrected chi connectivity index (χ2v) is 16.1. The molecule has 0 saturated carbocycles. The maximum Gasteiger partial charge on any atom is 0.490 e. The summed E-state index contributed by atoms with van der Waals surface area (Å²) in [6.07, 6.45) is -12.6. The molecule has 49 heavy (non-hydrogen) atoms. The van der Waals surface area contributed by atoms with Crippen LogP contribution in [0.15, 0.2) is 43.7 Å². The van der Waals surface area contributed by atoms with Crippen molar-refractivity contribution < 1.29 is 89.7 Å². The van der Waals surface area contributed by atoms with E-state index in [1.165, 1.54) is 0 Å². The van der Waals surface area contributed by atoms with Crippen LogP contribution in [0.3, 0.4) is 0 Å². The topological polar surface area (TPSA) is 404 Å². The first-order valence-electron chi connectivity index (χ1n) is 12.9. The zero-order valence-electron chi connectivity index (χ0n) is 23.7. The molecular formula is C18H26N4O23P4. The Labute approximate surface area is 268 Å². The lowest BCUT2D eigenvalue weighted by Crippen LogP contribution is -2.37. The van der Waals surface area contributed by atoms with Crippen LogP contribution in [0.25, 0.3) is 0 Å². The predicted octanol–water partition coefficient (Wildman–Crippen LogP) is -4.19. The molecule has 10 N–H and O–H groups in total. The van der Waals surface area contributed by atoms with Gasteiger partial charge in [-0.15, -0.1) is 0 Å². The van der Waals surface area contributed by atoms with Gasteiger partial charge in [0.2, 0.25) is 0 Å². The second-order valence-electron chi connectivity index (χ2n) is 9.84. The fourth-order valence-corrected chi connectivity index (χ4v) is 9.20. The zero-order valence-corrected chi connectivity index (χ0v) is 27.3. The summed E-state index contributed by atoms with van der Waals surface area (Å²) in [5.41, 5.74) is -3.78. The molecule has 2 fully saturated rings. The number of ether oxygens (including phenoxy) is 2. The minimum Gasteiger partial charge on any atom is -0.387 e. The Balaban J connectivity index is 1.31. The van der Waals surface area contributed by atoms with Gasteiger partial charge in [-0.3, -0.25) is 37.7 Å². The zero-order chi connectivity index (χ0) is 36.7. The van der Waals surface area contributed by atoms with Gasteiger partial charge in [-0.25, -0.2) is 27.8 Å². The SMILES string of the molecule is O=c1ccn([C@@H]2O[C@H](COP(=O)(O)OP(=O)(O)OP(=O)(O)OP(=O)(O)OC[C@H]3O[C@@H](n4ccc(=O)[nH]c4=O)[C@@H](O)C3O)C(O)[C@@H]2O)c(=O)[nH]1. The standard InChI is InChI=1S/C18H26N4O23P4/c23-9-1-3-21(17(29)19-9)15-13(27)11(25)7(41-15)5-39-46(31,32)43-48(35,36)45-49(37,38)44-47(33,34)40-6-8-12(26)14(28)16(42-8)22-4-2-10(24)20-18(22)30/h1-4,7-8,11-16,25-28H,5-6H2,(H,31,32)(H,33,34)(H,35,36)(H,37,38)(H,19,23,29)(H,20,24,30)/t7-,8-,11?,12?,13+,14+,15-,16-/m1/s1. The Bertz CT molecular complexity index is 1820. The maximum atomic E-state index is 12.2. The summed E-state index contributed by atoms with van der Waals surface area (Å²) in [5.74, 6) is 0. The number of nitrogens with one attached hydrogen (secondary N) is 2. The highest BCUT2D eigenvalue weighted by molar-refractivity contribution is 7.69. The van der Waals surface area contributed by atoms with Gasteiger partial charge in [0.1, 0.15) is 36.6 Å². The van der Waals surface area contributed by atoms with Crippen molar-refractivity contribution in [2.45, 2.75) is 49.1 Å². The third kappa shape index (κ3) is 9.93. The van der Waals surface area contributed by atoms with Crippen LogP contribution in [-0.2, 0) is 49.7 Å². The lowest BCUT2D eigenvalue weighted by atomic mass is 10.1. The monoisotopic (exact) mass is 790 g/mol. The van der Waals surface area contributed by atoms with E-state index in [2.05, 4.69) is 22.0 Å². The number of aliphatic hydroxyl groups excluding tert-OH is 4. The highest BCUT2D eigenvalue weighted by Crippen LogP contribution is 2.71. The molecule has 2 saturated heterocycles. The Kier molecular flexibility index (Phi) is 11.9. The molecule has 0 spiro atoms. The normalized spacial score (nSPS) is 32.2. The van der Waals surface area contributed by atoms with Gasteiger partial charge in [-0.2, -0.15) is 12.9 Å². The first-order valence-corrected chi connectivity index (χ1v) is 18.9. The maximum absolute atomic E-state index is 12.2. The van der Waals surface area contributed by atoms with E-state index in [0.717, 1.165) is 24.5 Å². The first kappa shape index (κ1) is 39.5. The molecule has 0 aliphatic carbocycles. The number of aromatic nitrogens is 4. The Morgan fingerprint density at radius 2 is 0.918 bits per heavy atom. The van der Waals surface area contributed by atoms with Crippen molar-refractivity contribution in [2.75, 3.05) is 13.2 Å². The average Bonchev–Trinajstić information content (AvgIpc) is 3.38. The number of hydrogen-bond donors (Lipinski definition) is 10. The quantitative estimate of drug-likeness (QED) is 0.0811. The van der Waals surface area contributed by atoms with Gasteiger partial charge < -0.3 is 49.5 Å². The summed E-state index contributed by atoms with van der Waals surface area (Å²) < 4.78 is 80.5. The number of nitrogens with zero attached hydrogens (tertiary/aromatic N) is 2. The van der Waals surface area contributed by atoms with E-state index >= 15 is 0 Å². The van der Waals surface area contributed by atoms with Crippen molar-refractivity contribution in [3.63, 3.8) is 0 Å². The molecule has 4 heterocycles. The third-order valence-corrected chi connectivity index (χ3v) is 12.3. The highest BCUT2D eigenvalue weighted by Gasteiger charge is 2.49. The summed E-state index contributed by atoms with van der Waals surface area (Å²) in [6.45, 7) is -2.43. The van der Waals surface area contributed by atoms with Crippen LogP contribution in [0.5, 0.6) is 0 Å². The fourth-order valence-electron chi connectivity index (χ4n) is 4.25. The summed E-state index contributed by atoms with van der Waals surface area (Å²) in [6, 6.07) is 1.73. The van der Waals surface area contributed by atoms with Crippen LogP contribution >= 0.6 is 31.3 Å². The van der Waals surface area contributed by atoms with Crippen molar-refractivity contribution in [2.24, 2.45) is 0 Å². The number of aromatic amines is 2. The van der Waals surface area contributed by atoms with E-state index in [-0.39, 0.29) is 0 Å². The molecule has 4 rings (SSSR count). The minimum atomic E-state index is -6.24. The number of rotatable bonds is 14. The van der Waals surface area contributed by atoms with Gasteiger partial charge in [0.25, 0.3) is 11.1 Å². The molecule has 12 atom stereocenters. The predicted molar refractivity (Wildman–Crippen MR) is 149 cm³/mol. The average molecular weight is 790 g/mol. The Morgan fingerprint density at radius 1 is 0.592 bits per heavy atom. The van der Waals surface area contributed by atoms with Crippen LogP contribution in [0.1, 0.15) is 12.5 Å². The number of H-pyrrole nitrogens is 2. The number of phosphoric acid groups is 4. The molecule has 0 radical (unpaired) electrons. The molecule has 2 aromatic heterocycles. The second kappa shape index (κ2) is 14.7. The van der Waals surface area contributed by atoms with Crippen molar-refractivity contribution in [1.29, 1.82) is 0 Å². The van der Waals surface area contributed by atoms with Gasteiger partial charge in [0.05, 0.1) is 13.2 Å². The Morgan fingerprint density at radius 3 is 1.24 bits per heavy atom. The Hall–Kier alpha value is -2.32. The van der Waals surface area contributed by atoms with Crippen LogP contribution < -0.4 is 22.5 Å². The third-order valence-electron chi connectivity index (χ3n) is 6.35. The van der Waals surface area contributed by atoms with Crippen molar-refractivity contribution in [3.8, 4) is 0 Å². The summed E-state index contributed by atoms with van der Waals surface area (Å²) in [7, 11) is -24.1. The highest BCUT2D eigenvalue weighted by atomic mass is 31.3. The number of phosphoric ester groups is 2. The van der Waals surface area contributed by atoms with Crippen molar-refractivity contribution in [1.82, 2.24) is 19.1 Å². The largest absolute Gasteiger partial charge is 0.490 e. The summed E-state index contributed by atoms with van der Waals surface area (Å²) in [5, 5.41) is 40.7.